The Morgan fingerprint density at radius 3 is 2.83 bits per heavy atom. The molecule has 0 radical (unpaired) electrons. The van der Waals surface area contributed by atoms with Crippen molar-refractivity contribution in [2.75, 3.05) is 5.75 Å². The predicted octanol–water partition coefficient (Wildman–Crippen LogP) is 2.31. The van der Waals surface area contributed by atoms with E-state index in [-0.39, 0.29) is 17.8 Å². The first kappa shape index (κ1) is 17.3. The van der Waals surface area contributed by atoms with E-state index >= 15 is 0 Å². The van der Waals surface area contributed by atoms with E-state index in [4.69, 9.17) is 9.47 Å². The Labute approximate surface area is 144 Å². The Kier molecular flexibility index (Phi) is 5.12. The molecule has 4 atom stereocenters. The van der Waals surface area contributed by atoms with Crippen molar-refractivity contribution >= 4 is 23.0 Å². The van der Waals surface area contributed by atoms with Crippen molar-refractivity contribution < 1.29 is 24.2 Å². The molecule has 1 aromatic carbocycles. The number of rotatable bonds is 4. The molecule has 7 heteroatoms. The van der Waals surface area contributed by atoms with Gasteiger partial charge in [0, 0.05) is 18.6 Å². The van der Waals surface area contributed by atoms with Gasteiger partial charge in [-0.1, -0.05) is 36.9 Å². The number of benzene rings is 1. The minimum Gasteiger partial charge on any atom is -0.458 e. The van der Waals surface area contributed by atoms with Crippen LogP contribution >= 0.6 is 11.8 Å². The lowest BCUT2D eigenvalue weighted by Gasteiger charge is -2.43. The normalized spacial score (nSPS) is 33.1. The summed E-state index contributed by atoms with van der Waals surface area (Å²) in [5.74, 6) is -1.49. The minimum absolute atomic E-state index is 0.146. The van der Waals surface area contributed by atoms with Crippen molar-refractivity contribution in [3.63, 3.8) is 0 Å². The fraction of sp³-hybridized carbons (Fsp3) is 0.529. The maximum Gasteiger partial charge on any atom is 0.338 e. The Hall–Kier alpha value is -1.57. The number of hydrogen-bond donors (Lipinski definition) is 2. The summed E-state index contributed by atoms with van der Waals surface area (Å²) in [4.78, 5) is 23.7. The van der Waals surface area contributed by atoms with Gasteiger partial charge in [0.15, 0.2) is 5.79 Å². The molecule has 130 valence electrons. The van der Waals surface area contributed by atoms with Crippen LogP contribution in [0.2, 0.25) is 0 Å². The molecule has 0 bridgehead atoms. The van der Waals surface area contributed by atoms with Gasteiger partial charge in [0.25, 0.3) is 5.24 Å². The zero-order chi connectivity index (χ0) is 17.2. The van der Waals surface area contributed by atoms with Crippen LogP contribution in [0.4, 0.5) is 4.79 Å². The lowest BCUT2D eigenvalue weighted by Crippen LogP contribution is -2.58. The lowest BCUT2D eigenvalue weighted by atomic mass is 9.92. The summed E-state index contributed by atoms with van der Waals surface area (Å²) < 4.78 is 11.4. The number of aliphatic hydroxyl groups is 1. The van der Waals surface area contributed by atoms with Crippen molar-refractivity contribution in [1.29, 1.82) is 0 Å². The standard InChI is InChI=1S/C17H21NO5S/c1-2-12-8-13(22-15(19)11-6-4-3-5-7-11)9-17(21,23-12)14-10-24-16(20)18-14/h3-7,12-14,21H,2,8-10H2,1H3,(H,18,20)/t12?,13?,14?,17-/m1/s1. The topological polar surface area (TPSA) is 84.9 Å². The van der Waals surface area contributed by atoms with E-state index in [0.717, 1.165) is 11.8 Å². The highest BCUT2D eigenvalue weighted by Gasteiger charge is 2.49. The van der Waals surface area contributed by atoms with E-state index in [9.17, 15) is 14.7 Å². The van der Waals surface area contributed by atoms with Gasteiger partial charge in [-0.3, -0.25) is 4.79 Å². The van der Waals surface area contributed by atoms with Gasteiger partial charge in [-0.25, -0.2) is 4.79 Å². The fourth-order valence-electron chi connectivity index (χ4n) is 3.07. The highest BCUT2D eigenvalue weighted by molar-refractivity contribution is 8.14. The number of nitrogens with one attached hydrogen (secondary N) is 1. The molecule has 0 saturated carbocycles. The summed E-state index contributed by atoms with van der Waals surface area (Å²) in [5.41, 5.74) is 0.477. The van der Waals surface area contributed by atoms with Crippen LogP contribution in [0.25, 0.3) is 0 Å². The number of hydrogen-bond acceptors (Lipinski definition) is 6. The summed E-state index contributed by atoms with van der Waals surface area (Å²) >= 11 is 1.12. The number of carbonyl (C=O) groups excluding carboxylic acids is 2. The van der Waals surface area contributed by atoms with Gasteiger partial charge in [0.1, 0.15) is 6.10 Å². The molecule has 0 aromatic heterocycles. The zero-order valence-corrected chi connectivity index (χ0v) is 14.3. The van der Waals surface area contributed by atoms with Crippen LogP contribution in [-0.2, 0) is 9.47 Å². The van der Waals surface area contributed by atoms with Crippen molar-refractivity contribution in [2.24, 2.45) is 0 Å². The molecule has 0 aliphatic carbocycles. The lowest BCUT2D eigenvalue weighted by molar-refractivity contribution is -0.281. The highest BCUT2D eigenvalue weighted by Crippen LogP contribution is 2.36. The molecule has 0 spiro atoms. The van der Waals surface area contributed by atoms with Crippen LogP contribution in [0.1, 0.15) is 36.5 Å². The average Bonchev–Trinajstić information content (AvgIpc) is 3.02. The summed E-state index contributed by atoms with van der Waals surface area (Å²) in [6, 6.07) is 8.27. The molecule has 3 unspecified atom stereocenters. The number of esters is 1. The monoisotopic (exact) mass is 351 g/mol. The van der Waals surface area contributed by atoms with E-state index in [1.807, 2.05) is 13.0 Å². The Morgan fingerprint density at radius 2 is 2.21 bits per heavy atom. The van der Waals surface area contributed by atoms with Crippen molar-refractivity contribution in [3.05, 3.63) is 35.9 Å². The van der Waals surface area contributed by atoms with Crippen molar-refractivity contribution in [2.45, 2.75) is 50.2 Å². The number of thioether (sulfide) groups is 1. The van der Waals surface area contributed by atoms with E-state index in [2.05, 4.69) is 5.32 Å². The number of ether oxygens (including phenoxy) is 2. The van der Waals surface area contributed by atoms with Gasteiger partial charge >= 0.3 is 5.97 Å². The molecule has 1 aromatic rings. The van der Waals surface area contributed by atoms with Crippen LogP contribution in [0.15, 0.2) is 30.3 Å². The van der Waals surface area contributed by atoms with Gasteiger partial charge in [-0.15, -0.1) is 0 Å². The third-order valence-electron chi connectivity index (χ3n) is 4.37. The molecule has 2 saturated heterocycles. The molecule has 3 rings (SSSR count). The first-order chi connectivity index (χ1) is 11.5. The van der Waals surface area contributed by atoms with E-state index in [1.165, 1.54) is 0 Å². The van der Waals surface area contributed by atoms with Gasteiger partial charge < -0.3 is 19.9 Å². The molecule has 1 amide bonds. The maximum atomic E-state index is 12.3. The van der Waals surface area contributed by atoms with E-state index in [1.54, 1.807) is 24.3 Å². The van der Waals surface area contributed by atoms with Gasteiger partial charge in [-0.2, -0.15) is 0 Å². The first-order valence-corrected chi connectivity index (χ1v) is 9.08. The smallest absolute Gasteiger partial charge is 0.338 e. The highest BCUT2D eigenvalue weighted by atomic mass is 32.2. The second-order valence-corrected chi connectivity index (χ2v) is 7.11. The van der Waals surface area contributed by atoms with Crippen molar-refractivity contribution in [3.8, 4) is 0 Å². The quantitative estimate of drug-likeness (QED) is 0.810. The van der Waals surface area contributed by atoms with Crippen LogP contribution < -0.4 is 5.32 Å². The van der Waals surface area contributed by atoms with Crippen molar-refractivity contribution in [1.82, 2.24) is 5.32 Å². The third kappa shape index (κ3) is 3.74. The first-order valence-electron chi connectivity index (χ1n) is 8.09. The molecule has 6 nitrogen and oxygen atoms in total. The molecule has 2 fully saturated rings. The molecule has 24 heavy (non-hydrogen) atoms. The molecule has 2 aliphatic rings. The fourth-order valence-corrected chi connectivity index (χ4v) is 3.96. The van der Waals surface area contributed by atoms with Crippen LogP contribution in [0.3, 0.4) is 0 Å². The predicted molar refractivity (Wildman–Crippen MR) is 89.8 cm³/mol. The second kappa shape index (κ2) is 7.13. The van der Waals surface area contributed by atoms with Crippen LogP contribution in [0.5, 0.6) is 0 Å². The maximum absolute atomic E-state index is 12.3. The average molecular weight is 351 g/mol. The SMILES string of the molecule is CCC1CC(OC(=O)c2ccccc2)C[C@](O)(C2CSC(=O)N2)O1. The van der Waals surface area contributed by atoms with Crippen LogP contribution in [0, 0.1) is 0 Å². The molecule has 2 heterocycles. The molecule has 2 aliphatic heterocycles. The van der Waals surface area contributed by atoms with Gasteiger partial charge in [0.2, 0.25) is 0 Å². The Morgan fingerprint density at radius 1 is 1.46 bits per heavy atom. The Balaban J connectivity index is 1.71. The minimum atomic E-state index is -1.51. The van der Waals surface area contributed by atoms with E-state index in [0.29, 0.717) is 24.2 Å². The summed E-state index contributed by atoms with van der Waals surface area (Å²) in [6.07, 6.45) is 0.692. The number of carbonyl (C=O) groups is 2. The summed E-state index contributed by atoms with van der Waals surface area (Å²) in [5, 5.41) is 13.5. The van der Waals surface area contributed by atoms with Gasteiger partial charge in [-0.05, 0) is 18.6 Å². The molecular weight excluding hydrogens is 330 g/mol. The summed E-state index contributed by atoms with van der Waals surface area (Å²) in [6.45, 7) is 1.95. The zero-order valence-electron chi connectivity index (χ0n) is 13.4. The molecular formula is C17H21NO5S. The second-order valence-electron chi connectivity index (χ2n) is 6.12. The molecule has 2 N–H and O–H groups in total. The van der Waals surface area contributed by atoms with E-state index < -0.39 is 23.9 Å². The number of amides is 1. The largest absolute Gasteiger partial charge is 0.458 e. The Bertz CT molecular complexity index is 610. The third-order valence-corrected chi connectivity index (χ3v) is 5.25. The van der Waals surface area contributed by atoms with Crippen LogP contribution in [-0.4, -0.2) is 46.1 Å². The van der Waals surface area contributed by atoms with Gasteiger partial charge in [0.05, 0.1) is 17.7 Å². The summed E-state index contributed by atoms with van der Waals surface area (Å²) in [7, 11) is 0.